The van der Waals surface area contributed by atoms with Gasteiger partial charge in [0.1, 0.15) is 10.8 Å². The number of pyridine rings is 1. The average Bonchev–Trinajstić information content (AvgIpc) is 3.21. The molecule has 3 aromatic rings. The molecule has 7 heteroatoms. The Bertz CT molecular complexity index is 1080. The van der Waals surface area contributed by atoms with Crippen LogP contribution in [0.3, 0.4) is 0 Å². The van der Waals surface area contributed by atoms with Crippen LogP contribution in [0.5, 0.6) is 5.75 Å². The number of carbonyl (C=O) groups is 1. The molecule has 0 atom stereocenters. The van der Waals surface area contributed by atoms with E-state index in [0.29, 0.717) is 6.54 Å². The van der Waals surface area contributed by atoms with Gasteiger partial charge in [0.2, 0.25) is 0 Å². The van der Waals surface area contributed by atoms with Gasteiger partial charge in [-0.2, -0.15) is 0 Å². The van der Waals surface area contributed by atoms with Crippen LogP contribution in [0.25, 0.3) is 22.0 Å². The Morgan fingerprint density at radius 3 is 2.77 bits per heavy atom. The Balaban J connectivity index is 1.43. The summed E-state index contributed by atoms with van der Waals surface area (Å²) in [5.74, 6) is 0.783. The SMILES string of the molecule is Cc1sc(-c2ccccn2)nc1-c1ccc2c(c1)N(CCN1CCCCC1)C(=O)CO2. The highest BCUT2D eigenvalue weighted by atomic mass is 32.1. The zero-order valence-corrected chi connectivity index (χ0v) is 18.5. The van der Waals surface area contributed by atoms with E-state index in [1.54, 1.807) is 17.5 Å². The predicted molar refractivity (Wildman–Crippen MR) is 124 cm³/mol. The minimum absolute atomic E-state index is 0.0193. The number of thiazole rings is 1. The quantitative estimate of drug-likeness (QED) is 0.596. The van der Waals surface area contributed by atoms with Crippen molar-refractivity contribution in [1.82, 2.24) is 14.9 Å². The van der Waals surface area contributed by atoms with E-state index in [2.05, 4.69) is 16.8 Å². The van der Waals surface area contributed by atoms with Gasteiger partial charge in [-0.25, -0.2) is 4.98 Å². The first-order valence-electron chi connectivity index (χ1n) is 10.9. The van der Waals surface area contributed by atoms with Crippen LogP contribution in [-0.4, -0.2) is 53.6 Å². The van der Waals surface area contributed by atoms with Crippen LogP contribution in [0.4, 0.5) is 5.69 Å². The Kier molecular flexibility index (Phi) is 5.70. The molecule has 0 saturated carbocycles. The van der Waals surface area contributed by atoms with Gasteiger partial charge in [-0.15, -0.1) is 11.3 Å². The number of likely N-dealkylation sites (tertiary alicyclic amines) is 1. The van der Waals surface area contributed by atoms with Gasteiger partial charge in [0.25, 0.3) is 5.91 Å². The molecule has 0 bridgehead atoms. The van der Waals surface area contributed by atoms with E-state index in [9.17, 15) is 4.79 Å². The number of anilines is 1. The zero-order valence-electron chi connectivity index (χ0n) is 17.7. The van der Waals surface area contributed by atoms with Gasteiger partial charge < -0.3 is 14.5 Å². The first-order chi connectivity index (χ1) is 15.2. The van der Waals surface area contributed by atoms with Crippen molar-refractivity contribution in [2.45, 2.75) is 26.2 Å². The van der Waals surface area contributed by atoms with E-state index in [-0.39, 0.29) is 12.5 Å². The maximum Gasteiger partial charge on any atom is 0.265 e. The smallest absolute Gasteiger partial charge is 0.265 e. The van der Waals surface area contributed by atoms with Crippen molar-refractivity contribution in [2.75, 3.05) is 37.7 Å². The van der Waals surface area contributed by atoms with Gasteiger partial charge in [-0.3, -0.25) is 9.78 Å². The summed E-state index contributed by atoms with van der Waals surface area (Å²) in [5.41, 5.74) is 3.65. The van der Waals surface area contributed by atoms with E-state index in [4.69, 9.17) is 9.72 Å². The highest BCUT2D eigenvalue weighted by Gasteiger charge is 2.27. The summed E-state index contributed by atoms with van der Waals surface area (Å²) in [5, 5.41) is 0.903. The van der Waals surface area contributed by atoms with E-state index >= 15 is 0 Å². The minimum Gasteiger partial charge on any atom is -0.482 e. The fourth-order valence-electron chi connectivity index (χ4n) is 4.28. The molecule has 0 unspecified atom stereocenters. The number of aromatic nitrogens is 2. The molecule has 2 aliphatic rings. The summed E-state index contributed by atoms with van der Waals surface area (Å²) in [6.45, 7) is 6.02. The van der Waals surface area contributed by atoms with E-state index in [0.717, 1.165) is 57.9 Å². The Hall–Kier alpha value is -2.77. The molecule has 2 aromatic heterocycles. The lowest BCUT2D eigenvalue weighted by molar-refractivity contribution is -0.121. The van der Waals surface area contributed by atoms with Gasteiger partial charge in [-0.05, 0) is 63.2 Å². The predicted octanol–water partition coefficient (Wildman–Crippen LogP) is 4.39. The molecule has 1 aromatic carbocycles. The number of hydrogen-bond acceptors (Lipinski definition) is 6. The molecule has 1 fully saturated rings. The normalized spacial score (nSPS) is 16.8. The van der Waals surface area contributed by atoms with Crippen LogP contribution >= 0.6 is 11.3 Å². The Morgan fingerprint density at radius 1 is 1.10 bits per heavy atom. The maximum absolute atomic E-state index is 12.7. The lowest BCUT2D eigenvalue weighted by Crippen LogP contribution is -2.44. The third-order valence-electron chi connectivity index (χ3n) is 5.94. The second kappa shape index (κ2) is 8.77. The number of carbonyl (C=O) groups excluding carboxylic acids is 1. The van der Waals surface area contributed by atoms with Crippen LogP contribution in [0, 0.1) is 6.92 Å². The number of benzene rings is 1. The average molecular weight is 435 g/mol. The van der Waals surface area contributed by atoms with Crippen LogP contribution in [0.15, 0.2) is 42.6 Å². The van der Waals surface area contributed by atoms with Crippen molar-refractivity contribution < 1.29 is 9.53 Å². The van der Waals surface area contributed by atoms with Crippen LogP contribution < -0.4 is 9.64 Å². The molecule has 1 saturated heterocycles. The first-order valence-corrected chi connectivity index (χ1v) is 11.7. The largest absolute Gasteiger partial charge is 0.482 e. The number of nitrogens with zero attached hydrogens (tertiary/aromatic N) is 4. The molecular weight excluding hydrogens is 408 g/mol. The van der Waals surface area contributed by atoms with Crippen LogP contribution in [0.1, 0.15) is 24.1 Å². The number of aryl methyl sites for hydroxylation is 1. The number of ether oxygens (including phenoxy) is 1. The number of amides is 1. The van der Waals surface area contributed by atoms with Gasteiger partial charge >= 0.3 is 0 Å². The summed E-state index contributed by atoms with van der Waals surface area (Å²) < 4.78 is 5.72. The monoisotopic (exact) mass is 434 g/mol. The Labute approximate surface area is 186 Å². The Morgan fingerprint density at radius 2 is 1.97 bits per heavy atom. The van der Waals surface area contributed by atoms with E-state index < -0.39 is 0 Å². The zero-order chi connectivity index (χ0) is 21.2. The van der Waals surface area contributed by atoms with Gasteiger partial charge in [0.15, 0.2) is 6.61 Å². The standard InChI is InChI=1S/C24H26N4O2S/c1-17-23(26-24(31-17)19-7-3-4-10-25-19)18-8-9-21-20(15-18)28(22(29)16-30-21)14-13-27-11-5-2-6-12-27/h3-4,7-10,15H,2,5-6,11-14,16H2,1H3. The fourth-order valence-corrected chi connectivity index (χ4v) is 5.19. The van der Waals surface area contributed by atoms with Gasteiger partial charge in [0.05, 0.1) is 17.1 Å². The van der Waals surface area contributed by atoms with Crippen molar-refractivity contribution in [3.63, 3.8) is 0 Å². The third kappa shape index (κ3) is 4.20. The van der Waals surface area contributed by atoms with Crippen molar-refractivity contribution in [2.24, 2.45) is 0 Å². The highest BCUT2D eigenvalue weighted by Crippen LogP contribution is 2.39. The molecule has 1 amide bonds. The summed E-state index contributed by atoms with van der Waals surface area (Å²) in [6, 6.07) is 11.9. The molecule has 0 N–H and O–H groups in total. The second-order valence-electron chi connectivity index (χ2n) is 8.06. The van der Waals surface area contributed by atoms with Crippen LogP contribution in [0.2, 0.25) is 0 Å². The number of hydrogen-bond donors (Lipinski definition) is 0. The van der Waals surface area contributed by atoms with Crippen LogP contribution in [-0.2, 0) is 4.79 Å². The summed E-state index contributed by atoms with van der Waals surface area (Å²) in [4.78, 5) is 27.5. The number of piperidine rings is 1. The third-order valence-corrected chi connectivity index (χ3v) is 6.94. The lowest BCUT2D eigenvalue weighted by Gasteiger charge is -2.33. The molecule has 2 aliphatic heterocycles. The molecular formula is C24H26N4O2S. The molecule has 6 nitrogen and oxygen atoms in total. The molecule has 4 heterocycles. The molecule has 160 valence electrons. The highest BCUT2D eigenvalue weighted by molar-refractivity contribution is 7.15. The van der Waals surface area contributed by atoms with Crippen molar-refractivity contribution in [1.29, 1.82) is 0 Å². The number of fused-ring (bicyclic) bond motifs is 1. The lowest BCUT2D eigenvalue weighted by atomic mass is 10.1. The van der Waals surface area contributed by atoms with E-state index in [1.165, 1.54) is 19.3 Å². The summed E-state index contributed by atoms with van der Waals surface area (Å²) >= 11 is 1.64. The molecule has 0 radical (unpaired) electrons. The van der Waals surface area contributed by atoms with Crippen molar-refractivity contribution in [3.05, 3.63) is 47.5 Å². The van der Waals surface area contributed by atoms with Gasteiger partial charge in [-0.1, -0.05) is 12.5 Å². The second-order valence-corrected chi connectivity index (χ2v) is 9.26. The molecule has 0 aliphatic carbocycles. The number of rotatable bonds is 5. The maximum atomic E-state index is 12.7. The van der Waals surface area contributed by atoms with Crippen molar-refractivity contribution >= 4 is 22.9 Å². The topological polar surface area (TPSA) is 58.6 Å². The summed E-state index contributed by atoms with van der Waals surface area (Å²) in [7, 11) is 0. The molecule has 5 rings (SSSR count). The van der Waals surface area contributed by atoms with Gasteiger partial charge in [0, 0.05) is 29.7 Å². The first kappa shape index (κ1) is 20.2. The molecule has 31 heavy (non-hydrogen) atoms. The molecule has 0 spiro atoms. The van der Waals surface area contributed by atoms with Crippen molar-refractivity contribution in [3.8, 4) is 27.7 Å². The van der Waals surface area contributed by atoms with E-state index in [1.807, 2.05) is 41.3 Å². The summed E-state index contributed by atoms with van der Waals surface area (Å²) in [6.07, 6.45) is 5.60. The minimum atomic E-state index is 0.0193. The fraction of sp³-hybridized carbons (Fsp3) is 0.375.